The van der Waals surface area contributed by atoms with Crippen LogP contribution in [0.5, 0.6) is 0 Å². The van der Waals surface area contributed by atoms with E-state index in [0.29, 0.717) is 16.3 Å². The smallest absolute Gasteiger partial charge is 0.338 e. The summed E-state index contributed by atoms with van der Waals surface area (Å²) in [6.45, 7) is 0. The van der Waals surface area contributed by atoms with Gasteiger partial charge in [0.15, 0.2) is 0 Å². The molecule has 0 fully saturated rings. The van der Waals surface area contributed by atoms with Crippen molar-refractivity contribution in [2.24, 2.45) is 0 Å². The second-order valence-electron chi connectivity index (χ2n) is 2.98. The van der Waals surface area contributed by atoms with Crippen molar-refractivity contribution in [3.8, 4) is 11.3 Å². The van der Waals surface area contributed by atoms with Crippen molar-refractivity contribution < 1.29 is 14.3 Å². The van der Waals surface area contributed by atoms with E-state index in [1.807, 2.05) is 6.07 Å². The molecule has 0 amide bonds. The molecule has 0 bridgehead atoms. The lowest BCUT2D eigenvalue weighted by Gasteiger charge is -1.97. The molecule has 1 N–H and O–H groups in total. The van der Waals surface area contributed by atoms with E-state index >= 15 is 0 Å². The molecule has 2 rings (SSSR count). The van der Waals surface area contributed by atoms with Crippen LogP contribution in [0.3, 0.4) is 0 Å². The quantitative estimate of drug-likeness (QED) is 0.848. The molecule has 3 nitrogen and oxygen atoms in total. The molecule has 4 heteroatoms. The van der Waals surface area contributed by atoms with Crippen LogP contribution in [0.2, 0.25) is 5.02 Å². The van der Waals surface area contributed by atoms with Gasteiger partial charge in [-0.05, 0) is 18.2 Å². The van der Waals surface area contributed by atoms with Gasteiger partial charge in [-0.1, -0.05) is 23.7 Å². The molecule has 1 heterocycles. The van der Waals surface area contributed by atoms with E-state index in [2.05, 4.69) is 0 Å². The molecule has 15 heavy (non-hydrogen) atoms. The van der Waals surface area contributed by atoms with Crippen LogP contribution in [-0.2, 0) is 0 Å². The van der Waals surface area contributed by atoms with Crippen molar-refractivity contribution in [1.29, 1.82) is 0 Å². The topological polar surface area (TPSA) is 50.4 Å². The number of furan rings is 1. The Morgan fingerprint density at radius 1 is 1.33 bits per heavy atom. The molecular weight excluding hydrogens is 216 g/mol. The summed E-state index contributed by atoms with van der Waals surface area (Å²) in [4.78, 5) is 10.6. The van der Waals surface area contributed by atoms with Gasteiger partial charge in [0.2, 0.25) is 0 Å². The van der Waals surface area contributed by atoms with Crippen LogP contribution in [0.4, 0.5) is 0 Å². The van der Waals surface area contributed by atoms with Crippen LogP contribution in [0.15, 0.2) is 41.0 Å². The van der Waals surface area contributed by atoms with Crippen molar-refractivity contribution >= 4 is 17.6 Å². The number of carbonyl (C=O) groups is 1. The second-order valence-corrected chi connectivity index (χ2v) is 3.39. The minimum Gasteiger partial charge on any atom is -0.478 e. The molecule has 0 aliphatic rings. The third-order valence-corrected chi connectivity index (χ3v) is 2.32. The first-order valence-electron chi connectivity index (χ1n) is 4.25. The van der Waals surface area contributed by atoms with E-state index in [1.165, 1.54) is 12.3 Å². The highest BCUT2D eigenvalue weighted by Gasteiger charge is 2.11. The van der Waals surface area contributed by atoms with E-state index in [0.717, 1.165) is 0 Å². The maximum atomic E-state index is 10.6. The van der Waals surface area contributed by atoms with Crippen LogP contribution in [0.25, 0.3) is 11.3 Å². The molecule has 0 unspecified atom stereocenters. The molecule has 0 aliphatic carbocycles. The van der Waals surface area contributed by atoms with E-state index in [-0.39, 0.29) is 5.56 Å². The van der Waals surface area contributed by atoms with Gasteiger partial charge in [-0.25, -0.2) is 4.79 Å². The minimum absolute atomic E-state index is 0.116. The Morgan fingerprint density at radius 2 is 2.07 bits per heavy atom. The molecule has 0 atom stereocenters. The summed E-state index contributed by atoms with van der Waals surface area (Å²) in [5.41, 5.74) is 0.802. The first-order chi connectivity index (χ1) is 7.18. The Labute approximate surface area is 90.9 Å². The zero-order chi connectivity index (χ0) is 10.8. The molecule has 1 aromatic carbocycles. The Morgan fingerprint density at radius 3 is 2.67 bits per heavy atom. The molecule has 0 spiro atoms. The average Bonchev–Trinajstić information content (AvgIpc) is 2.67. The monoisotopic (exact) mass is 222 g/mol. The molecule has 0 saturated carbocycles. The molecule has 0 saturated heterocycles. The first-order valence-corrected chi connectivity index (χ1v) is 4.63. The minimum atomic E-state index is -1.02. The number of hydrogen-bond donors (Lipinski definition) is 1. The van der Waals surface area contributed by atoms with Gasteiger partial charge in [0, 0.05) is 5.56 Å². The number of hydrogen-bond acceptors (Lipinski definition) is 2. The lowest BCUT2D eigenvalue weighted by molar-refractivity contribution is 0.0696. The summed E-state index contributed by atoms with van der Waals surface area (Å²) in [6.07, 6.45) is 1.20. The third-order valence-electron chi connectivity index (χ3n) is 1.99. The predicted octanol–water partition coefficient (Wildman–Crippen LogP) is 3.30. The van der Waals surface area contributed by atoms with Crippen molar-refractivity contribution in [2.45, 2.75) is 0 Å². The Hall–Kier alpha value is -1.74. The third kappa shape index (κ3) is 1.87. The predicted molar refractivity (Wildman–Crippen MR) is 56.1 cm³/mol. The summed E-state index contributed by atoms with van der Waals surface area (Å²) in [5.74, 6) is -0.560. The molecule has 0 aliphatic heterocycles. The maximum absolute atomic E-state index is 10.6. The highest BCUT2D eigenvalue weighted by Crippen LogP contribution is 2.28. The molecule has 2 aromatic rings. The van der Waals surface area contributed by atoms with E-state index in [4.69, 9.17) is 21.1 Å². The van der Waals surface area contributed by atoms with E-state index < -0.39 is 5.97 Å². The maximum Gasteiger partial charge on any atom is 0.338 e. The zero-order valence-corrected chi connectivity index (χ0v) is 8.36. The van der Waals surface area contributed by atoms with Gasteiger partial charge in [-0.15, -0.1) is 0 Å². The van der Waals surface area contributed by atoms with Crippen LogP contribution < -0.4 is 0 Å². The summed E-state index contributed by atoms with van der Waals surface area (Å²) >= 11 is 5.94. The van der Waals surface area contributed by atoms with Crippen LogP contribution in [0.1, 0.15) is 10.4 Å². The Balaban J connectivity index is 2.46. The van der Waals surface area contributed by atoms with Gasteiger partial charge in [0.25, 0.3) is 0 Å². The molecule has 76 valence electrons. The SMILES string of the molecule is O=C(O)c1coc(-c2ccccc2Cl)c1. The molecular formula is C11H7ClO3. The highest BCUT2D eigenvalue weighted by molar-refractivity contribution is 6.33. The summed E-state index contributed by atoms with van der Waals surface area (Å²) in [5, 5.41) is 9.25. The highest BCUT2D eigenvalue weighted by atomic mass is 35.5. The van der Waals surface area contributed by atoms with Gasteiger partial charge in [-0.3, -0.25) is 0 Å². The van der Waals surface area contributed by atoms with Crippen LogP contribution in [0, 0.1) is 0 Å². The average molecular weight is 223 g/mol. The van der Waals surface area contributed by atoms with Crippen molar-refractivity contribution in [1.82, 2.24) is 0 Å². The number of halogens is 1. The first kappa shape index (κ1) is 9.80. The van der Waals surface area contributed by atoms with Crippen molar-refractivity contribution in [3.05, 3.63) is 47.2 Å². The Bertz CT molecular complexity index is 502. The van der Waals surface area contributed by atoms with Gasteiger partial charge in [0.1, 0.15) is 12.0 Å². The lowest BCUT2D eigenvalue weighted by Crippen LogP contribution is -1.91. The fraction of sp³-hybridized carbons (Fsp3) is 0. The van der Waals surface area contributed by atoms with Crippen molar-refractivity contribution in [2.75, 3.05) is 0 Å². The van der Waals surface area contributed by atoms with Gasteiger partial charge in [0.05, 0.1) is 10.6 Å². The van der Waals surface area contributed by atoms with Gasteiger partial charge < -0.3 is 9.52 Å². The zero-order valence-electron chi connectivity index (χ0n) is 7.61. The van der Waals surface area contributed by atoms with Gasteiger partial charge >= 0.3 is 5.97 Å². The van der Waals surface area contributed by atoms with Crippen molar-refractivity contribution in [3.63, 3.8) is 0 Å². The summed E-state index contributed by atoms with van der Waals surface area (Å²) in [6, 6.07) is 8.55. The summed E-state index contributed by atoms with van der Waals surface area (Å²) < 4.78 is 5.13. The number of carboxylic acids is 1. The number of rotatable bonds is 2. The fourth-order valence-corrected chi connectivity index (χ4v) is 1.48. The number of carboxylic acid groups (broad SMARTS) is 1. The second kappa shape index (κ2) is 3.79. The molecule has 1 aromatic heterocycles. The normalized spacial score (nSPS) is 10.2. The molecule has 0 radical (unpaired) electrons. The fourth-order valence-electron chi connectivity index (χ4n) is 1.25. The van der Waals surface area contributed by atoms with Gasteiger partial charge in [-0.2, -0.15) is 0 Å². The largest absolute Gasteiger partial charge is 0.478 e. The summed E-state index contributed by atoms with van der Waals surface area (Å²) in [7, 11) is 0. The van der Waals surface area contributed by atoms with E-state index in [1.54, 1.807) is 18.2 Å². The number of benzene rings is 1. The lowest BCUT2D eigenvalue weighted by atomic mass is 10.1. The Kier molecular flexibility index (Phi) is 2.47. The standard InChI is InChI=1S/C11H7ClO3/c12-9-4-2-1-3-8(9)10-5-7(6-15-10)11(13)14/h1-6H,(H,13,14). The van der Waals surface area contributed by atoms with Crippen LogP contribution >= 0.6 is 11.6 Å². The van der Waals surface area contributed by atoms with Crippen LogP contribution in [-0.4, -0.2) is 11.1 Å². The number of aromatic carboxylic acids is 1. The van der Waals surface area contributed by atoms with E-state index in [9.17, 15) is 4.79 Å².